The molecule has 0 N–H and O–H groups in total. The van der Waals surface area contributed by atoms with E-state index < -0.39 is 5.79 Å². The van der Waals surface area contributed by atoms with Crippen molar-refractivity contribution in [2.75, 3.05) is 6.61 Å². The molecule has 26 heavy (non-hydrogen) atoms. The highest BCUT2D eigenvalue weighted by atomic mass is 16.7. The lowest BCUT2D eigenvalue weighted by atomic mass is 9.44. The van der Waals surface area contributed by atoms with Crippen molar-refractivity contribution in [3.8, 4) is 0 Å². The van der Waals surface area contributed by atoms with Crippen molar-refractivity contribution >= 4 is 12.1 Å². The van der Waals surface area contributed by atoms with Crippen molar-refractivity contribution in [1.82, 2.24) is 0 Å². The van der Waals surface area contributed by atoms with Gasteiger partial charge in [0.1, 0.15) is 6.29 Å². The summed E-state index contributed by atoms with van der Waals surface area (Å²) in [7, 11) is 0. The molecule has 144 valence electrons. The molecule has 4 aliphatic rings. The van der Waals surface area contributed by atoms with Gasteiger partial charge in [-0.25, -0.2) is 0 Å². The van der Waals surface area contributed by atoms with Gasteiger partial charge in [0.25, 0.3) is 0 Å². The first-order chi connectivity index (χ1) is 12.2. The smallest absolute Gasteiger partial charge is 0.163 e. The van der Waals surface area contributed by atoms with E-state index in [9.17, 15) is 9.59 Å². The zero-order chi connectivity index (χ0) is 18.7. The summed E-state index contributed by atoms with van der Waals surface area (Å²) in [6.45, 7) is 9.05. The monoisotopic (exact) mass is 360 g/mol. The van der Waals surface area contributed by atoms with Gasteiger partial charge >= 0.3 is 0 Å². The molecular weight excluding hydrogens is 328 g/mol. The van der Waals surface area contributed by atoms with Gasteiger partial charge in [0.2, 0.25) is 0 Å². The summed E-state index contributed by atoms with van der Waals surface area (Å²) in [5.41, 5.74) is 0.965. The van der Waals surface area contributed by atoms with Crippen molar-refractivity contribution in [3.05, 3.63) is 11.6 Å². The number of allylic oxidation sites excluding steroid dienone is 2. The average molecular weight is 360 g/mol. The number of rotatable bonds is 2. The summed E-state index contributed by atoms with van der Waals surface area (Å²) in [6.07, 6.45) is 8.60. The van der Waals surface area contributed by atoms with E-state index in [1.54, 1.807) is 0 Å². The van der Waals surface area contributed by atoms with Crippen molar-refractivity contribution < 1.29 is 19.1 Å². The molecule has 0 aromatic heterocycles. The highest BCUT2D eigenvalue weighted by Gasteiger charge is 2.66. The zero-order valence-corrected chi connectivity index (χ0v) is 16.5. The summed E-state index contributed by atoms with van der Waals surface area (Å²) in [5.74, 6) is 0.355. The number of ether oxygens (including phenoxy) is 2. The second kappa shape index (κ2) is 6.00. The third-order valence-electron chi connectivity index (χ3n) is 7.59. The Morgan fingerprint density at radius 1 is 1.19 bits per heavy atom. The lowest BCUT2D eigenvalue weighted by molar-refractivity contribution is -0.350. The van der Waals surface area contributed by atoms with Crippen LogP contribution in [0.2, 0.25) is 0 Å². The third-order valence-corrected chi connectivity index (χ3v) is 7.59. The molecule has 0 amide bonds. The van der Waals surface area contributed by atoms with Gasteiger partial charge in [0.15, 0.2) is 11.6 Å². The Morgan fingerprint density at radius 3 is 2.69 bits per heavy atom. The summed E-state index contributed by atoms with van der Waals surface area (Å²) in [5, 5.41) is 0. The molecule has 4 rings (SSSR count). The Bertz CT molecular complexity index is 647. The van der Waals surface area contributed by atoms with E-state index in [4.69, 9.17) is 9.47 Å². The van der Waals surface area contributed by atoms with Crippen molar-refractivity contribution in [1.29, 1.82) is 0 Å². The van der Waals surface area contributed by atoms with Gasteiger partial charge in [-0.3, -0.25) is 4.79 Å². The average Bonchev–Trinajstić information content (AvgIpc) is 2.54. The van der Waals surface area contributed by atoms with Crippen LogP contribution in [0.25, 0.3) is 0 Å². The van der Waals surface area contributed by atoms with Crippen LogP contribution in [0.4, 0.5) is 0 Å². The van der Waals surface area contributed by atoms with Crippen LogP contribution in [0.1, 0.15) is 66.2 Å². The van der Waals surface area contributed by atoms with Gasteiger partial charge < -0.3 is 14.3 Å². The van der Waals surface area contributed by atoms with Crippen LogP contribution < -0.4 is 0 Å². The fourth-order valence-corrected chi connectivity index (χ4v) is 6.57. The highest BCUT2D eigenvalue weighted by molar-refractivity contribution is 5.95. The molecular formula is C22H32O4. The summed E-state index contributed by atoms with van der Waals surface area (Å²) in [4.78, 5) is 24.3. The van der Waals surface area contributed by atoms with Gasteiger partial charge in [-0.05, 0) is 69.3 Å². The fourth-order valence-electron chi connectivity index (χ4n) is 6.57. The van der Waals surface area contributed by atoms with Gasteiger partial charge in [-0.2, -0.15) is 0 Å². The maximum absolute atomic E-state index is 13.3. The number of aldehydes is 1. The van der Waals surface area contributed by atoms with E-state index in [1.807, 2.05) is 19.9 Å². The van der Waals surface area contributed by atoms with E-state index in [2.05, 4.69) is 13.8 Å². The normalized spacial score (nSPS) is 43.5. The quantitative estimate of drug-likeness (QED) is 0.697. The molecule has 3 aliphatic carbocycles. The van der Waals surface area contributed by atoms with E-state index >= 15 is 0 Å². The van der Waals surface area contributed by atoms with Crippen LogP contribution in [0.5, 0.6) is 0 Å². The lowest BCUT2D eigenvalue weighted by Gasteiger charge is -2.64. The molecule has 2 saturated carbocycles. The van der Waals surface area contributed by atoms with Gasteiger partial charge in [-0.15, -0.1) is 0 Å². The van der Waals surface area contributed by atoms with Crippen molar-refractivity contribution in [3.63, 3.8) is 0 Å². The van der Waals surface area contributed by atoms with Crippen molar-refractivity contribution in [2.24, 2.45) is 28.6 Å². The fraction of sp³-hybridized carbons (Fsp3) is 0.818. The Labute approximate surface area is 156 Å². The number of fused-ring (bicyclic) bond motifs is 1. The van der Waals surface area contributed by atoms with Gasteiger partial charge in [-0.1, -0.05) is 19.4 Å². The molecule has 4 nitrogen and oxygen atoms in total. The molecule has 0 bridgehead atoms. The number of hydrogen-bond acceptors (Lipinski definition) is 4. The first kappa shape index (κ1) is 18.4. The van der Waals surface area contributed by atoms with Crippen LogP contribution in [0.3, 0.4) is 0 Å². The lowest BCUT2D eigenvalue weighted by Crippen LogP contribution is -2.67. The maximum Gasteiger partial charge on any atom is 0.163 e. The predicted molar refractivity (Wildman–Crippen MR) is 98.4 cm³/mol. The number of carbonyl (C=O) groups excluding carboxylic acids is 2. The molecule has 0 unspecified atom stereocenters. The first-order valence-corrected chi connectivity index (χ1v) is 10.2. The molecule has 4 heteroatoms. The summed E-state index contributed by atoms with van der Waals surface area (Å²) < 4.78 is 12.6. The van der Waals surface area contributed by atoms with Crippen LogP contribution in [0, 0.1) is 28.6 Å². The number of carbonyl (C=O) groups is 2. The standard InChI is InChI=1S/C22H32O4/c1-20(2)9-7-18-22(13-25-21(3,4)26-18)16-6-5-14(8-10-23)11-15(16)12-17(24)19(20)22/h10,12,14,16,18-19H,5-9,11,13H2,1-4H3/t14-,16+,18+,19-,22+/m0/s1. The SMILES string of the molecule is CC1(C)OC[C@]23[C@@H]4CC[C@@H](CC=O)CC4=CC(=O)[C@H]2C(C)(C)CC[C@H]3O1. The highest BCUT2D eigenvalue weighted by Crippen LogP contribution is 2.64. The Kier molecular flexibility index (Phi) is 4.24. The third kappa shape index (κ3) is 2.63. The maximum atomic E-state index is 13.3. The minimum atomic E-state index is -0.582. The van der Waals surface area contributed by atoms with Crippen LogP contribution in [-0.4, -0.2) is 30.6 Å². The molecule has 0 aromatic rings. The van der Waals surface area contributed by atoms with Gasteiger partial charge in [0, 0.05) is 17.8 Å². The zero-order valence-electron chi connectivity index (χ0n) is 16.5. The van der Waals surface area contributed by atoms with E-state index in [-0.39, 0.29) is 28.6 Å². The topological polar surface area (TPSA) is 52.6 Å². The number of ketones is 1. The molecule has 3 fully saturated rings. The Balaban J connectivity index is 1.77. The molecule has 0 aromatic carbocycles. The first-order valence-electron chi connectivity index (χ1n) is 10.2. The molecule has 0 radical (unpaired) electrons. The second-order valence-electron chi connectivity index (χ2n) is 10.1. The van der Waals surface area contributed by atoms with E-state index in [0.29, 0.717) is 24.9 Å². The molecule has 1 heterocycles. The molecule has 1 saturated heterocycles. The van der Waals surface area contributed by atoms with Crippen LogP contribution >= 0.6 is 0 Å². The largest absolute Gasteiger partial charge is 0.350 e. The molecule has 1 spiro atoms. The van der Waals surface area contributed by atoms with Gasteiger partial charge in [0.05, 0.1) is 12.7 Å². The predicted octanol–water partition coefficient (Wildman–Crippen LogP) is 4.07. The van der Waals surface area contributed by atoms with Crippen LogP contribution in [-0.2, 0) is 19.1 Å². The van der Waals surface area contributed by atoms with Crippen molar-refractivity contribution in [2.45, 2.75) is 78.1 Å². The molecule has 5 atom stereocenters. The minimum Gasteiger partial charge on any atom is -0.350 e. The molecule has 1 aliphatic heterocycles. The summed E-state index contributed by atoms with van der Waals surface area (Å²) in [6, 6.07) is 0. The number of hydrogen-bond donors (Lipinski definition) is 0. The second-order valence-corrected chi connectivity index (χ2v) is 10.1. The van der Waals surface area contributed by atoms with E-state index in [0.717, 1.165) is 38.4 Å². The van der Waals surface area contributed by atoms with Crippen LogP contribution in [0.15, 0.2) is 11.6 Å². The Morgan fingerprint density at radius 2 is 1.96 bits per heavy atom. The van der Waals surface area contributed by atoms with E-state index in [1.165, 1.54) is 5.57 Å². The summed E-state index contributed by atoms with van der Waals surface area (Å²) >= 11 is 0. The minimum absolute atomic E-state index is 0.0382. The Hall–Kier alpha value is -1.00.